The minimum Gasteiger partial charge on any atom is -0.381 e. The molecule has 0 spiro atoms. The van der Waals surface area contributed by atoms with Crippen LogP contribution in [0.25, 0.3) is 0 Å². The molecule has 1 aliphatic heterocycles. The fourth-order valence-electron chi connectivity index (χ4n) is 2.83. The Morgan fingerprint density at radius 3 is 2.85 bits per heavy atom. The fraction of sp³-hybridized carbons (Fsp3) is 0.500. The van der Waals surface area contributed by atoms with Gasteiger partial charge in [-0.15, -0.1) is 5.10 Å². The molecule has 3 rings (SSSR count). The summed E-state index contributed by atoms with van der Waals surface area (Å²) in [6.07, 6.45) is 3.03. The van der Waals surface area contributed by atoms with E-state index in [1.54, 1.807) is 0 Å². The summed E-state index contributed by atoms with van der Waals surface area (Å²) >= 11 is 0. The van der Waals surface area contributed by atoms with E-state index in [1.165, 1.54) is 12.4 Å². The molecule has 0 amide bonds. The highest BCUT2D eigenvalue weighted by molar-refractivity contribution is 5.59. The van der Waals surface area contributed by atoms with Gasteiger partial charge in [0.15, 0.2) is 11.5 Å². The van der Waals surface area contributed by atoms with Crippen LogP contribution in [0.1, 0.15) is 25.2 Å². The van der Waals surface area contributed by atoms with Crippen LogP contribution in [0.3, 0.4) is 0 Å². The molecule has 2 N–H and O–H groups in total. The van der Waals surface area contributed by atoms with Gasteiger partial charge in [0.25, 0.3) is 0 Å². The minimum atomic E-state index is 0.134. The van der Waals surface area contributed by atoms with Crippen molar-refractivity contribution in [3.05, 3.63) is 29.8 Å². The summed E-state index contributed by atoms with van der Waals surface area (Å²) < 4.78 is 5.87. The number of morpholine rings is 1. The number of aromatic nitrogens is 4. The molecule has 0 unspecified atom stereocenters. The predicted octanol–water partition coefficient (Wildman–Crippen LogP) is 1.71. The van der Waals surface area contributed by atoms with Crippen LogP contribution in [0.5, 0.6) is 0 Å². The second kappa shape index (κ2) is 8.70. The molecule has 0 bridgehead atoms. The van der Waals surface area contributed by atoms with Gasteiger partial charge in [0.1, 0.15) is 11.9 Å². The van der Waals surface area contributed by atoms with Gasteiger partial charge in [-0.25, -0.2) is 9.97 Å². The molecule has 0 aliphatic carbocycles. The van der Waals surface area contributed by atoms with Crippen molar-refractivity contribution in [2.75, 3.05) is 36.9 Å². The number of anilines is 3. The van der Waals surface area contributed by atoms with E-state index in [9.17, 15) is 0 Å². The van der Waals surface area contributed by atoms with E-state index in [4.69, 9.17) is 10.00 Å². The quantitative estimate of drug-likeness (QED) is 0.787. The summed E-state index contributed by atoms with van der Waals surface area (Å²) in [6, 6.07) is 4.34. The third-order valence-corrected chi connectivity index (χ3v) is 4.42. The summed E-state index contributed by atoms with van der Waals surface area (Å²) in [7, 11) is 0. The van der Waals surface area contributed by atoms with E-state index in [-0.39, 0.29) is 11.8 Å². The number of hydrogen-bond donors (Lipinski definition) is 2. The zero-order chi connectivity index (χ0) is 19.2. The summed E-state index contributed by atoms with van der Waals surface area (Å²) in [5.41, 5.74) is 1.96. The predicted molar refractivity (Wildman–Crippen MR) is 102 cm³/mol. The van der Waals surface area contributed by atoms with Crippen molar-refractivity contribution < 1.29 is 4.74 Å². The van der Waals surface area contributed by atoms with Crippen LogP contribution in [0, 0.1) is 18.3 Å². The highest BCUT2D eigenvalue weighted by Gasteiger charge is 2.22. The topological polar surface area (TPSA) is 112 Å². The van der Waals surface area contributed by atoms with Crippen LogP contribution in [-0.4, -0.2) is 63.5 Å². The Labute approximate surface area is 158 Å². The van der Waals surface area contributed by atoms with Crippen LogP contribution in [-0.2, 0) is 4.74 Å². The summed E-state index contributed by atoms with van der Waals surface area (Å²) in [5.74, 6) is 1.05. The Bertz CT molecular complexity index is 802. The lowest BCUT2D eigenvalue weighted by molar-refractivity contribution is -0.0315. The summed E-state index contributed by atoms with van der Waals surface area (Å²) in [4.78, 5) is 10.5. The molecule has 0 saturated carbocycles. The molecule has 1 fully saturated rings. The molecule has 142 valence electrons. The van der Waals surface area contributed by atoms with Crippen LogP contribution in [0.2, 0.25) is 0 Å². The summed E-state index contributed by atoms with van der Waals surface area (Å²) in [6.45, 7) is 9.66. The Kier molecular flexibility index (Phi) is 6.11. The number of nitrogens with one attached hydrogen (secondary N) is 2. The maximum absolute atomic E-state index is 8.78. The van der Waals surface area contributed by atoms with Crippen LogP contribution in [0.15, 0.2) is 18.5 Å². The van der Waals surface area contributed by atoms with Gasteiger partial charge in [0, 0.05) is 31.7 Å². The van der Waals surface area contributed by atoms with Gasteiger partial charge in [-0.05, 0) is 20.8 Å². The molecular formula is C18H24N8O. The number of aryl methyl sites for hydroxylation is 1. The number of nitrogens with zero attached hydrogens (tertiary/aromatic N) is 6. The standard InChI is InChI=1S/C18H24N8O/c1-12(2)26-4-5-27-15(11-26)9-21-16-6-17(25-24-13(16)3)23-18-10-20-14(7-19)8-22-18/h6,8,10,12,15H,4-5,9,11H2,1-3H3,(H2,21,22,23,25)/t15-/m0/s1. The van der Waals surface area contributed by atoms with Crippen molar-refractivity contribution in [1.82, 2.24) is 25.1 Å². The van der Waals surface area contributed by atoms with Crippen molar-refractivity contribution in [3.63, 3.8) is 0 Å². The molecule has 2 aromatic heterocycles. The lowest BCUT2D eigenvalue weighted by Crippen LogP contribution is -2.48. The molecule has 1 atom stereocenters. The first-order valence-corrected chi connectivity index (χ1v) is 8.98. The Morgan fingerprint density at radius 2 is 2.15 bits per heavy atom. The lowest BCUT2D eigenvalue weighted by Gasteiger charge is -2.35. The number of ether oxygens (including phenoxy) is 1. The van der Waals surface area contributed by atoms with Crippen LogP contribution >= 0.6 is 0 Å². The fourth-order valence-corrected chi connectivity index (χ4v) is 2.83. The molecule has 9 nitrogen and oxygen atoms in total. The van der Waals surface area contributed by atoms with Gasteiger partial charge in [0.2, 0.25) is 0 Å². The zero-order valence-corrected chi connectivity index (χ0v) is 15.8. The van der Waals surface area contributed by atoms with Crippen LogP contribution < -0.4 is 10.6 Å². The lowest BCUT2D eigenvalue weighted by atomic mass is 10.2. The van der Waals surface area contributed by atoms with E-state index in [0.717, 1.165) is 31.1 Å². The van der Waals surface area contributed by atoms with Crippen molar-refractivity contribution in [2.45, 2.75) is 32.9 Å². The largest absolute Gasteiger partial charge is 0.381 e. The molecule has 1 aliphatic rings. The maximum Gasteiger partial charge on any atom is 0.158 e. The smallest absolute Gasteiger partial charge is 0.158 e. The van der Waals surface area contributed by atoms with E-state index in [1.807, 2.05) is 19.1 Å². The van der Waals surface area contributed by atoms with Gasteiger partial charge >= 0.3 is 0 Å². The molecule has 0 aromatic carbocycles. The first kappa shape index (κ1) is 18.9. The number of hydrogen-bond acceptors (Lipinski definition) is 9. The third-order valence-electron chi connectivity index (χ3n) is 4.42. The van der Waals surface area contributed by atoms with Crippen molar-refractivity contribution >= 4 is 17.3 Å². The van der Waals surface area contributed by atoms with Gasteiger partial charge in [0.05, 0.1) is 36.5 Å². The average molecular weight is 368 g/mol. The second-order valence-corrected chi connectivity index (χ2v) is 6.71. The Balaban J connectivity index is 1.62. The molecule has 1 saturated heterocycles. The maximum atomic E-state index is 8.78. The monoisotopic (exact) mass is 368 g/mol. The van der Waals surface area contributed by atoms with Gasteiger partial charge in [-0.3, -0.25) is 4.90 Å². The second-order valence-electron chi connectivity index (χ2n) is 6.71. The van der Waals surface area contributed by atoms with Crippen molar-refractivity contribution in [3.8, 4) is 6.07 Å². The van der Waals surface area contributed by atoms with E-state index >= 15 is 0 Å². The van der Waals surface area contributed by atoms with E-state index in [2.05, 4.69) is 49.5 Å². The molecule has 3 heterocycles. The Morgan fingerprint density at radius 1 is 1.30 bits per heavy atom. The van der Waals surface area contributed by atoms with Gasteiger partial charge < -0.3 is 15.4 Å². The SMILES string of the molecule is Cc1nnc(Nc2cnc(C#N)cn2)cc1NC[C@H]1CN(C(C)C)CCO1. The molecule has 0 radical (unpaired) electrons. The molecule has 2 aromatic rings. The highest BCUT2D eigenvalue weighted by Crippen LogP contribution is 2.19. The summed E-state index contributed by atoms with van der Waals surface area (Å²) in [5, 5.41) is 23.6. The molecule has 27 heavy (non-hydrogen) atoms. The highest BCUT2D eigenvalue weighted by atomic mass is 16.5. The van der Waals surface area contributed by atoms with Gasteiger partial charge in [-0.1, -0.05) is 0 Å². The first-order valence-electron chi connectivity index (χ1n) is 8.98. The minimum absolute atomic E-state index is 0.134. The first-order chi connectivity index (χ1) is 13.0. The molecule has 9 heteroatoms. The third kappa shape index (κ3) is 5.09. The average Bonchev–Trinajstić information content (AvgIpc) is 2.69. The number of rotatable bonds is 6. The zero-order valence-electron chi connectivity index (χ0n) is 15.8. The molecular weight excluding hydrogens is 344 g/mol. The van der Waals surface area contributed by atoms with E-state index < -0.39 is 0 Å². The van der Waals surface area contributed by atoms with Crippen LogP contribution in [0.4, 0.5) is 17.3 Å². The van der Waals surface area contributed by atoms with Crippen molar-refractivity contribution in [1.29, 1.82) is 5.26 Å². The van der Waals surface area contributed by atoms with Gasteiger partial charge in [-0.2, -0.15) is 10.4 Å². The Hall–Kier alpha value is -2.83. The number of nitriles is 1. The van der Waals surface area contributed by atoms with E-state index in [0.29, 0.717) is 24.2 Å². The normalized spacial score (nSPS) is 17.5. The van der Waals surface area contributed by atoms with Crippen molar-refractivity contribution in [2.24, 2.45) is 0 Å².